The van der Waals surface area contributed by atoms with Gasteiger partial charge in [-0.05, 0) is 37.6 Å². The molecule has 2 N–H and O–H groups in total. The third kappa shape index (κ3) is 4.53. The first-order valence-electron chi connectivity index (χ1n) is 7.41. The van der Waals surface area contributed by atoms with Crippen LogP contribution in [0.25, 0.3) is 0 Å². The smallest absolute Gasteiger partial charge is 0.221 e. The molecule has 1 heterocycles. The number of ether oxygens (including phenoxy) is 1. The largest absolute Gasteiger partial charge is 0.381 e. The second-order valence-electron chi connectivity index (χ2n) is 5.53. The van der Waals surface area contributed by atoms with E-state index in [0.29, 0.717) is 19.5 Å². The van der Waals surface area contributed by atoms with Crippen LogP contribution >= 0.6 is 15.9 Å². The van der Waals surface area contributed by atoms with Gasteiger partial charge in [0, 0.05) is 42.6 Å². The van der Waals surface area contributed by atoms with Gasteiger partial charge in [0.25, 0.3) is 0 Å². The Morgan fingerprint density at radius 1 is 1.29 bits per heavy atom. The molecule has 0 saturated carbocycles. The highest BCUT2D eigenvalue weighted by Crippen LogP contribution is 2.34. The summed E-state index contributed by atoms with van der Waals surface area (Å²) in [6, 6.07) is 8.43. The first kappa shape index (κ1) is 16.5. The molecule has 2 rings (SSSR count). The van der Waals surface area contributed by atoms with Crippen molar-refractivity contribution in [2.45, 2.75) is 24.7 Å². The number of carbonyl (C=O) groups excluding carboxylic acids is 1. The topological polar surface area (TPSA) is 50.4 Å². The molecule has 5 heteroatoms. The number of amides is 1. The minimum absolute atomic E-state index is 0.00570. The number of hydrogen-bond acceptors (Lipinski definition) is 3. The van der Waals surface area contributed by atoms with Crippen molar-refractivity contribution >= 4 is 21.8 Å². The maximum atomic E-state index is 11.9. The van der Waals surface area contributed by atoms with Gasteiger partial charge in [-0.2, -0.15) is 0 Å². The summed E-state index contributed by atoms with van der Waals surface area (Å²) >= 11 is 3.48. The zero-order chi connectivity index (χ0) is 15.1. The van der Waals surface area contributed by atoms with Crippen LogP contribution in [0.1, 0.15) is 24.8 Å². The zero-order valence-corrected chi connectivity index (χ0v) is 14.0. The average molecular weight is 355 g/mol. The van der Waals surface area contributed by atoms with E-state index in [9.17, 15) is 4.79 Å². The number of hydrogen-bond donors (Lipinski definition) is 2. The van der Waals surface area contributed by atoms with Gasteiger partial charge in [-0.25, -0.2) is 0 Å². The van der Waals surface area contributed by atoms with Crippen LogP contribution in [0.5, 0.6) is 0 Å². The van der Waals surface area contributed by atoms with Crippen molar-refractivity contribution in [3.05, 3.63) is 34.3 Å². The number of rotatable bonds is 6. The van der Waals surface area contributed by atoms with Crippen LogP contribution in [-0.4, -0.2) is 39.3 Å². The highest BCUT2D eigenvalue weighted by molar-refractivity contribution is 9.10. The fourth-order valence-corrected chi connectivity index (χ4v) is 2.99. The quantitative estimate of drug-likeness (QED) is 0.823. The minimum atomic E-state index is -0.00570. The van der Waals surface area contributed by atoms with Crippen molar-refractivity contribution < 1.29 is 9.53 Å². The standard InChI is InChI=1S/C16H23BrN2O2/c1-18-9-6-15(20)19-12-16(7-10-21-11-8-16)13-2-4-14(17)5-3-13/h2-5,18H,6-12H2,1H3,(H,19,20). The van der Waals surface area contributed by atoms with E-state index >= 15 is 0 Å². The maximum Gasteiger partial charge on any atom is 0.221 e. The van der Waals surface area contributed by atoms with Crippen LogP contribution in [0.2, 0.25) is 0 Å². The Labute approximate surface area is 134 Å². The molecule has 0 aliphatic carbocycles. The summed E-state index contributed by atoms with van der Waals surface area (Å²) in [5.74, 6) is 0.104. The van der Waals surface area contributed by atoms with E-state index < -0.39 is 0 Å². The molecule has 1 aromatic rings. The molecule has 1 fully saturated rings. The highest BCUT2D eigenvalue weighted by Gasteiger charge is 2.34. The molecular formula is C16H23BrN2O2. The average Bonchev–Trinajstić information content (AvgIpc) is 2.52. The Balaban J connectivity index is 2.06. The van der Waals surface area contributed by atoms with Crippen molar-refractivity contribution in [1.82, 2.24) is 10.6 Å². The fraction of sp³-hybridized carbons (Fsp3) is 0.562. The molecule has 0 unspecified atom stereocenters. The van der Waals surface area contributed by atoms with E-state index in [1.165, 1.54) is 5.56 Å². The molecule has 1 saturated heterocycles. The molecule has 1 aromatic carbocycles. The normalized spacial score (nSPS) is 17.4. The van der Waals surface area contributed by atoms with E-state index in [2.05, 4.69) is 50.8 Å². The summed E-state index contributed by atoms with van der Waals surface area (Å²) in [6.45, 7) is 2.89. The molecule has 116 valence electrons. The lowest BCUT2D eigenvalue weighted by atomic mass is 9.74. The Hall–Kier alpha value is -0.910. The Morgan fingerprint density at radius 3 is 2.57 bits per heavy atom. The number of halogens is 1. The third-order valence-corrected chi connectivity index (χ3v) is 4.66. The molecule has 0 spiro atoms. The van der Waals surface area contributed by atoms with Crippen LogP contribution in [0.3, 0.4) is 0 Å². The second-order valence-corrected chi connectivity index (χ2v) is 6.45. The zero-order valence-electron chi connectivity index (χ0n) is 12.5. The van der Waals surface area contributed by atoms with Crippen LogP contribution < -0.4 is 10.6 Å². The SMILES string of the molecule is CNCCC(=O)NCC1(c2ccc(Br)cc2)CCOCC1. The van der Waals surface area contributed by atoms with Gasteiger partial charge in [0.2, 0.25) is 5.91 Å². The van der Waals surface area contributed by atoms with Crippen LogP contribution in [0.15, 0.2) is 28.7 Å². The molecule has 0 bridgehead atoms. The highest BCUT2D eigenvalue weighted by atomic mass is 79.9. The van der Waals surface area contributed by atoms with Gasteiger partial charge in [-0.3, -0.25) is 4.79 Å². The Morgan fingerprint density at radius 2 is 1.95 bits per heavy atom. The molecule has 0 atom stereocenters. The van der Waals surface area contributed by atoms with Crippen LogP contribution in [-0.2, 0) is 14.9 Å². The number of benzene rings is 1. The van der Waals surface area contributed by atoms with Crippen molar-refractivity contribution in [2.24, 2.45) is 0 Å². The first-order valence-corrected chi connectivity index (χ1v) is 8.21. The summed E-state index contributed by atoms with van der Waals surface area (Å²) in [5.41, 5.74) is 1.27. The number of carbonyl (C=O) groups is 1. The Bertz CT molecular complexity index is 456. The third-order valence-electron chi connectivity index (χ3n) is 4.13. The first-order chi connectivity index (χ1) is 10.2. The van der Waals surface area contributed by atoms with Gasteiger partial charge in [0.05, 0.1) is 0 Å². The summed E-state index contributed by atoms with van der Waals surface area (Å²) < 4.78 is 6.59. The lowest BCUT2D eigenvalue weighted by Gasteiger charge is -2.38. The van der Waals surface area contributed by atoms with E-state index in [4.69, 9.17) is 4.74 Å². The van der Waals surface area contributed by atoms with E-state index in [-0.39, 0.29) is 11.3 Å². The van der Waals surface area contributed by atoms with Crippen molar-refractivity contribution in [3.63, 3.8) is 0 Å². The molecule has 1 aliphatic rings. The van der Waals surface area contributed by atoms with Crippen LogP contribution in [0.4, 0.5) is 0 Å². The molecule has 0 radical (unpaired) electrons. The number of nitrogens with one attached hydrogen (secondary N) is 2. The molecule has 1 aliphatic heterocycles. The van der Waals surface area contributed by atoms with Crippen LogP contribution in [0, 0.1) is 0 Å². The molecule has 4 nitrogen and oxygen atoms in total. The lowest BCUT2D eigenvalue weighted by Crippen LogP contribution is -2.44. The van der Waals surface area contributed by atoms with E-state index in [1.807, 2.05) is 7.05 Å². The maximum absolute atomic E-state index is 11.9. The van der Waals surface area contributed by atoms with Gasteiger partial charge in [-0.15, -0.1) is 0 Å². The molecule has 21 heavy (non-hydrogen) atoms. The van der Waals surface area contributed by atoms with Crippen molar-refractivity contribution in [3.8, 4) is 0 Å². The predicted molar refractivity (Wildman–Crippen MR) is 87.4 cm³/mol. The van der Waals surface area contributed by atoms with Gasteiger partial charge in [-0.1, -0.05) is 28.1 Å². The van der Waals surface area contributed by atoms with Gasteiger partial charge in [0.1, 0.15) is 0 Å². The lowest BCUT2D eigenvalue weighted by molar-refractivity contribution is -0.121. The Kier molecular flexibility index (Phi) is 6.21. The minimum Gasteiger partial charge on any atom is -0.381 e. The molecule has 1 amide bonds. The van der Waals surface area contributed by atoms with Gasteiger partial charge >= 0.3 is 0 Å². The summed E-state index contributed by atoms with van der Waals surface area (Å²) in [6.07, 6.45) is 2.41. The molecular weight excluding hydrogens is 332 g/mol. The fourth-order valence-electron chi connectivity index (χ4n) is 2.73. The van der Waals surface area contributed by atoms with E-state index in [0.717, 1.165) is 30.5 Å². The molecule has 0 aromatic heterocycles. The summed E-state index contributed by atoms with van der Waals surface area (Å²) in [4.78, 5) is 11.9. The van der Waals surface area contributed by atoms with Gasteiger partial charge in [0.15, 0.2) is 0 Å². The monoisotopic (exact) mass is 354 g/mol. The van der Waals surface area contributed by atoms with E-state index in [1.54, 1.807) is 0 Å². The van der Waals surface area contributed by atoms with Gasteiger partial charge < -0.3 is 15.4 Å². The van der Waals surface area contributed by atoms with Crippen molar-refractivity contribution in [2.75, 3.05) is 33.4 Å². The summed E-state index contributed by atoms with van der Waals surface area (Å²) in [7, 11) is 1.86. The second kappa shape index (κ2) is 7.92. The predicted octanol–water partition coefficient (Wildman–Crippen LogP) is 2.22. The summed E-state index contributed by atoms with van der Waals surface area (Å²) in [5, 5.41) is 6.09. The van der Waals surface area contributed by atoms with Crippen molar-refractivity contribution in [1.29, 1.82) is 0 Å².